The number of hydrogen-bond acceptors (Lipinski definition) is 4. The molecule has 4 nitrogen and oxygen atoms in total. The first-order valence-corrected chi connectivity index (χ1v) is 6.65. The van der Waals surface area contributed by atoms with Crippen LogP contribution in [0.5, 0.6) is 11.5 Å². The molecule has 2 aromatic rings. The van der Waals surface area contributed by atoms with E-state index in [0.29, 0.717) is 27.6 Å². The fraction of sp³-hybridized carbons (Fsp3) is 0.188. The SMILES string of the molecule is COc1cc(Cl)cc(CO)c1OCc1ccccc1C#N. The second-order valence-corrected chi connectivity index (χ2v) is 4.75. The predicted molar refractivity (Wildman–Crippen MR) is 79.4 cm³/mol. The summed E-state index contributed by atoms with van der Waals surface area (Å²) in [7, 11) is 1.50. The minimum Gasteiger partial charge on any atom is -0.493 e. The normalized spacial score (nSPS) is 10.0. The van der Waals surface area contributed by atoms with E-state index in [1.54, 1.807) is 24.3 Å². The van der Waals surface area contributed by atoms with Crippen LogP contribution in [0.2, 0.25) is 5.02 Å². The molecule has 0 saturated carbocycles. The number of methoxy groups -OCH3 is 1. The molecule has 0 aromatic heterocycles. The second kappa shape index (κ2) is 6.98. The molecule has 0 aliphatic rings. The van der Waals surface area contributed by atoms with E-state index < -0.39 is 0 Å². The molecule has 0 fully saturated rings. The highest BCUT2D eigenvalue weighted by atomic mass is 35.5. The molecule has 0 aliphatic carbocycles. The van der Waals surface area contributed by atoms with Gasteiger partial charge in [0.15, 0.2) is 11.5 Å². The van der Waals surface area contributed by atoms with Crippen molar-refractivity contribution in [2.24, 2.45) is 0 Å². The van der Waals surface area contributed by atoms with E-state index in [4.69, 9.17) is 26.3 Å². The van der Waals surface area contributed by atoms with E-state index in [1.165, 1.54) is 7.11 Å². The first-order valence-electron chi connectivity index (χ1n) is 6.27. The van der Waals surface area contributed by atoms with Crippen LogP contribution in [-0.4, -0.2) is 12.2 Å². The second-order valence-electron chi connectivity index (χ2n) is 4.31. The number of halogens is 1. The number of rotatable bonds is 5. The Balaban J connectivity index is 2.30. The molecule has 0 unspecified atom stereocenters. The number of ether oxygens (including phenoxy) is 2. The lowest BCUT2D eigenvalue weighted by atomic mass is 10.1. The molecule has 2 aromatic carbocycles. The first-order chi connectivity index (χ1) is 10.2. The largest absolute Gasteiger partial charge is 0.493 e. The van der Waals surface area contributed by atoms with Crippen LogP contribution in [0.4, 0.5) is 0 Å². The van der Waals surface area contributed by atoms with Crippen LogP contribution >= 0.6 is 11.6 Å². The first kappa shape index (κ1) is 15.2. The highest BCUT2D eigenvalue weighted by molar-refractivity contribution is 6.30. The van der Waals surface area contributed by atoms with Crippen molar-refractivity contribution in [3.63, 3.8) is 0 Å². The zero-order chi connectivity index (χ0) is 15.2. The maximum atomic E-state index is 9.41. The van der Waals surface area contributed by atoms with Gasteiger partial charge in [0.05, 0.1) is 25.3 Å². The summed E-state index contributed by atoms with van der Waals surface area (Å²) in [6.45, 7) is -0.0130. The van der Waals surface area contributed by atoms with Gasteiger partial charge in [-0.25, -0.2) is 0 Å². The highest BCUT2D eigenvalue weighted by Gasteiger charge is 2.13. The lowest BCUT2D eigenvalue weighted by Gasteiger charge is -2.15. The summed E-state index contributed by atoms with van der Waals surface area (Å²) in [4.78, 5) is 0. The number of benzene rings is 2. The summed E-state index contributed by atoms with van der Waals surface area (Å²) in [6.07, 6.45) is 0. The fourth-order valence-electron chi connectivity index (χ4n) is 1.96. The van der Waals surface area contributed by atoms with Gasteiger partial charge >= 0.3 is 0 Å². The number of aliphatic hydroxyl groups is 1. The topological polar surface area (TPSA) is 62.5 Å². The maximum Gasteiger partial charge on any atom is 0.167 e. The van der Waals surface area contributed by atoms with E-state index in [-0.39, 0.29) is 13.2 Å². The Kier molecular flexibility index (Phi) is 5.04. The molecule has 0 spiro atoms. The molecular formula is C16H14ClNO3. The van der Waals surface area contributed by atoms with Gasteiger partial charge in [0.25, 0.3) is 0 Å². The van der Waals surface area contributed by atoms with Crippen LogP contribution in [0.15, 0.2) is 36.4 Å². The predicted octanol–water partition coefficient (Wildman–Crippen LogP) is 3.29. The summed E-state index contributed by atoms with van der Waals surface area (Å²) in [5.41, 5.74) is 1.85. The average molecular weight is 304 g/mol. The van der Waals surface area contributed by atoms with Gasteiger partial charge in [0.2, 0.25) is 0 Å². The van der Waals surface area contributed by atoms with Crippen LogP contribution < -0.4 is 9.47 Å². The Morgan fingerprint density at radius 2 is 2.00 bits per heavy atom. The fourth-order valence-corrected chi connectivity index (χ4v) is 2.19. The van der Waals surface area contributed by atoms with Crippen molar-refractivity contribution >= 4 is 11.6 Å². The van der Waals surface area contributed by atoms with Gasteiger partial charge in [-0.1, -0.05) is 29.8 Å². The van der Waals surface area contributed by atoms with E-state index in [1.807, 2.05) is 12.1 Å². The Labute approximate surface area is 128 Å². The number of aliphatic hydroxyl groups excluding tert-OH is 1. The third-order valence-corrected chi connectivity index (χ3v) is 3.21. The zero-order valence-corrected chi connectivity index (χ0v) is 12.2. The van der Waals surface area contributed by atoms with Gasteiger partial charge in [-0.3, -0.25) is 0 Å². The number of nitriles is 1. The van der Waals surface area contributed by atoms with Gasteiger partial charge in [-0.2, -0.15) is 5.26 Å². The molecule has 0 atom stereocenters. The van der Waals surface area contributed by atoms with Crippen LogP contribution in [0.3, 0.4) is 0 Å². The van der Waals surface area contributed by atoms with E-state index in [9.17, 15) is 5.11 Å². The third-order valence-electron chi connectivity index (χ3n) is 3.00. The molecule has 2 rings (SSSR count). The molecule has 0 saturated heterocycles. The summed E-state index contributed by atoms with van der Waals surface area (Å²) in [6, 6.07) is 12.5. The molecule has 108 valence electrons. The number of nitrogens with zero attached hydrogens (tertiary/aromatic N) is 1. The molecule has 5 heteroatoms. The summed E-state index contributed by atoms with van der Waals surface area (Å²) < 4.78 is 11.0. The summed E-state index contributed by atoms with van der Waals surface area (Å²) >= 11 is 5.95. The molecule has 0 amide bonds. The van der Waals surface area contributed by atoms with Crippen molar-refractivity contribution in [2.45, 2.75) is 13.2 Å². The third kappa shape index (κ3) is 3.46. The van der Waals surface area contributed by atoms with Crippen LogP contribution in [0, 0.1) is 11.3 Å². The minimum atomic E-state index is -0.216. The Morgan fingerprint density at radius 3 is 2.67 bits per heavy atom. The molecule has 0 heterocycles. The van der Waals surface area contributed by atoms with Crippen LogP contribution in [0.25, 0.3) is 0 Å². The smallest absolute Gasteiger partial charge is 0.167 e. The van der Waals surface area contributed by atoms with Crippen LogP contribution in [0.1, 0.15) is 16.7 Å². The van der Waals surface area contributed by atoms with Crippen molar-refractivity contribution < 1.29 is 14.6 Å². The zero-order valence-electron chi connectivity index (χ0n) is 11.5. The average Bonchev–Trinajstić information content (AvgIpc) is 2.52. The molecule has 0 radical (unpaired) electrons. The van der Waals surface area contributed by atoms with Gasteiger partial charge in [-0.05, 0) is 12.1 Å². The summed E-state index contributed by atoms with van der Waals surface area (Å²) in [5, 5.41) is 18.9. The van der Waals surface area contributed by atoms with Crippen molar-refractivity contribution in [3.05, 3.63) is 58.1 Å². The van der Waals surface area contributed by atoms with Gasteiger partial charge in [0.1, 0.15) is 6.61 Å². The van der Waals surface area contributed by atoms with E-state index in [2.05, 4.69) is 6.07 Å². The van der Waals surface area contributed by atoms with Crippen molar-refractivity contribution in [3.8, 4) is 17.6 Å². The number of hydrogen-bond donors (Lipinski definition) is 1. The van der Waals surface area contributed by atoms with E-state index in [0.717, 1.165) is 5.56 Å². The van der Waals surface area contributed by atoms with Crippen molar-refractivity contribution in [1.82, 2.24) is 0 Å². The van der Waals surface area contributed by atoms with Crippen molar-refractivity contribution in [2.75, 3.05) is 7.11 Å². The maximum absolute atomic E-state index is 9.41. The molecule has 21 heavy (non-hydrogen) atoms. The van der Waals surface area contributed by atoms with Gasteiger partial charge < -0.3 is 14.6 Å². The summed E-state index contributed by atoms with van der Waals surface area (Å²) in [5.74, 6) is 0.873. The molecule has 0 bridgehead atoms. The van der Waals surface area contributed by atoms with Crippen LogP contribution in [-0.2, 0) is 13.2 Å². The lowest BCUT2D eigenvalue weighted by Crippen LogP contribution is -2.03. The quantitative estimate of drug-likeness (QED) is 0.920. The Hall–Kier alpha value is -2.22. The molecule has 0 aliphatic heterocycles. The standard InChI is InChI=1S/C16H14ClNO3/c1-20-15-7-14(17)6-13(9-19)16(15)21-10-12-5-3-2-4-11(12)8-18/h2-7,19H,9-10H2,1H3. The molecule has 1 N–H and O–H groups in total. The van der Waals surface area contributed by atoms with Gasteiger partial charge in [0, 0.05) is 22.2 Å². The minimum absolute atomic E-state index is 0.203. The van der Waals surface area contributed by atoms with E-state index >= 15 is 0 Å². The lowest BCUT2D eigenvalue weighted by molar-refractivity contribution is 0.250. The van der Waals surface area contributed by atoms with Gasteiger partial charge in [-0.15, -0.1) is 0 Å². The molecular weight excluding hydrogens is 290 g/mol. The monoisotopic (exact) mass is 303 g/mol. The Morgan fingerprint density at radius 1 is 1.24 bits per heavy atom. The highest BCUT2D eigenvalue weighted by Crippen LogP contribution is 2.35. The van der Waals surface area contributed by atoms with Crippen molar-refractivity contribution in [1.29, 1.82) is 5.26 Å². The Bertz CT molecular complexity index is 654.